The van der Waals surface area contributed by atoms with Crippen LogP contribution >= 0.6 is 0 Å². The van der Waals surface area contributed by atoms with Crippen molar-refractivity contribution in [3.8, 4) is 0 Å². The predicted molar refractivity (Wildman–Crippen MR) is 59.9 cm³/mol. The van der Waals surface area contributed by atoms with Crippen LogP contribution in [0.4, 0.5) is 0 Å². The molecule has 1 aromatic carbocycles. The zero-order valence-corrected chi connectivity index (χ0v) is 8.81. The number of imidazole rings is 1. The zero-order chi connectivity index (χ0) is 10.4. The van der Waals surface area contributed by atoms with E-state index in [2.05, 4.69) is 0 Å². The molecule has 0 unspecified atom stereocenters. The van der Waals surface area contributed by atoms with Crippen LogP contribution in [-0.2, 0) is 13.6 Å². The third-order valence-electron chi connectivity index (χ3n) is 3.19. The Morgan fingerprint density at radius 1 is 1.27 bits per heavy atom. The Morgan fingerprint density at radius 2 is 1.93 bits per heavy atom. The van der Waals surface area contributed by atoms with E-state index in [1.54, 1.807) is 4.57 Å². The molecule has 1 saturated carbocycles. The lowest BCUT2D eigenvalue weighted by Gasteiger charge is -1.99. The summed E-state index contributed by atoms with van der Waals surface area (Å²) in [5.74, 6) is 0.730. The van der Waals surface area contributed by atoms with Crippen molar-refractivity contribution >= 4 is 11.0 Å². The van der Waals surface area contributed by atoms with Gasteiger partial charge in [-0.2, -0.15) is 0 Å². The van der Waals surface area contributed by atoms with E-state index >= 15 is 0 Å². The lowest BCUT2D eigenvalue weighted by Crippen LogP contribution is -2.22. The second-order valence-corrected chi connectivity index (χ2v) is 4.38. The van der Waals surface area contributed by atoms with Crippen molar-refractivity contribution in [1.82, 2.24) is 9.13 Å². The van der Waals surface area contributed by atoms with E-state index in [0.717, 1.165) is 23.5 Å². The van der Waals surface area contributed by atoms with Gasteiger partial charge in [0.15, 0.2) is 0 Å². The van der Waals surface area contributed by atoms with Gasteiger partial charge in [0.1, 0.15) is 0 Å². The monoisotopic (exact) mass is 202 g/mol. The van der Waals surface area contributed by atoms with Gasteiger partial charge in [-0.1, -0.05) is 12.1 Å². The molecule has 78 valence electrons. The van der Waals surface area contributed by atoms with Gasteiger partial charge in [-0.3, -0.25) is 9.13 Å². The van der Waals surface area contributed by atoms with Crippen LogP contribution in [0.5, 0.6) is 0 Å². The largest absolute Gasteiger partial charge is 0.328 e. The number of hydrogen-bond donors (Lipinski definition) is 0. The molecule has 0 radical (unpaired) electrons. The van der Waals surface area contributed by atoms with E-state index in [4.69, 9.17) is 0 Å². The molecule has 1 aliphatic carbocycles. The van der Waals surface area contributed by atoms with E-state index in [1.807, 2.05) is 35.9 Å². The van der Waals surface area contributed by atoms with Crippen LogP contribution in [-0.4, -0.2) is 9.13 Å². The van der Waals surface area contributed by atoms with Crippen LogP contribution < -0.4 is 5.69 Å². The first kappa shape index (κ1) is 8.77. The number of hydrogen-bond acceptors (Lipinski definition) is 1. The molecule has 3 heteroatoms. The molecule has 1 heterocycles. The van der Waals surface area contributed by atoms with Crippen molar-refractivity contribution in [3.05, 3.63) is 34.7 Å². The van der Waals surface area contributed by atoms with Crippen LogP contribution in [0.15, 0.2) is 29.1 Å². The average Bonchev–Trinajstić information content (AvgIpc) is 3.04. The molecule has 3 nitrogen and oxygen atoms in total. The summed E-state index contributed by atoms with van der Waals surface area (Å²) in [6.45, 7) is 0.889. The van der Waals surface area contributed by atoms with Crippen molar-refractivity contribution < 1.29 is 0 Å². The van der Waals surface area contributed by atoms with Crippen molar-refractivity contribution in [2.45, 2.75) is 19.4 Å². The predicted octanol–water partition coefficient (Wildman–Crippen LogP) is 1.75. The summed E-state index contributed by atoms with van der Waals surface area (Å²) in [5.41, 5.74) is 2.21. The summed E-state index contributed by atoms with van der Waals surface area (Å²) in [4.78, 5) is 12.0. The van der Waals surface area contributed by atoms with E-state index in [0.29, 0.717) is 0 Å². The molecule has 0 spiro atoms. The minimum absolute atomic E-state index is 0.114. The third kappa shape index (κ3) is 1.30. The maximum absolute atomic E-state index is 12.0. The first-order valence-corrected chi connectivity index (χ1v) is 5.41. The van der Waals surface area contributed by atoms with Crippen molar-refractivity contribution in [1.29, 1.82) is 0 Å². The summed E-state index contributed by atoms with van der Waals surface area (Å²) in [5, 5.41) is 0. The van der Waals surface area contributed by atoms with Crippen molar-refractivity contribution in [3.63, 3.8) is 0 Å². The van der Waals surface area contributed by atoms with Gasteiger partial charge < -0.3 is 0 Å². The van der Waals surface area contributed by atoms with Gasteiger partial charge in [0.05, 0.1) is 11.0 Å². The molecule has 0 N–H and O–H groups in total. The Kier molecular flexibility index (Phi) is 1.75. The number of aromatic nitrogens is 2. The lowest BCUT2D eigenvalue weighted by molar-refractivity contribution is 0.609. The highest BCUT2D eigenvalue weighted by molar-refractivity contribution is 5.75. The standard InChI is InChI=1S/C12H14N2O/c1-13-10-4-2-3-5-11(10)14(12(13)15)8-9-6-7-9/h2-5,9H,6-8H2,1H3. The molecule has 15 heavy (non-hydrogen) atoms. The maximum atomic E-state index is 12.0. The van der Waals surface area contributed by atoms with Gasteiger partial charge in [0.25, 0.3) is 0 Å². The molecule has 0 bridgehead atoms. The van der Waals surface area contributed by atoms with Crippen LogP contribution in [0, 0.1) is 5.92 Å². The quantitative estimate of drug-likeness (QED) is 0.728. The first-order valence-electron chi connectivity index (χ1n) is 5.41. The van der Waals surface area contributed by atoms with Crippen molar-refractivity contribution in [2.75, 3.05) is 0 Å². The van der Waals surface area contributed by atoms with Crippen LogP contribution in [0.3, 0.4) is 0 Å². The molecule has 0 amide bonds. The fourth-order valence-corrected chi connectivity index (χ4v) is 2.10. The lowest BCUT2D eigenvalue weighted by atomic mass is 10.3. The van der Waals surface area contributed by atoms with Gasteiger partial charge in [0, 0.05) is 13.6 Å². The molecule has 0 aliphatic heterocycles. The Balaban J connectivity index is 2.25. The SMILES string of the molecule is Cn1c(=O)n(CC2CC2)c2ccccc21. The number of aryl methyl sites for hydroxylation is 1. The fraction of sp³-hybridized carbons (Fsp3) is 0.417. The van der Waals surface area contributed by atoms with E-state index in [1.165, 1.54) is 12.8 Å². The topological polar surface area (TPSA) is 26.9 Å². The molecule has 1 aliphatic rings. The molecular weight excluding hydrogens is 188 g/mol. The van der Waals surface area contributed by atoms with Crippen LogP contribution in [0.1, 0.15) is 12.8 Å². The first-order chi connectivity index (χ1) is 7.27. The molecule has 0 saturated heterocycles. The van der Waals surface area contributed by atoms with Gasteiger partial charge in [-0.05, 0) is 30.9 Å². The van der Waals surface area contributed by atoms with Gasteiger partial charge in [0.2, 0.25) is 0 Å². The van der Waals surface area contributed by atoms with E-state index in [9.17, 15) is 4.79 Å². The number of rotatable bonds is 2. The fourth-order valence-electron chi connectivity index (χ4n) is 2.10. The van der Waals surface area contributed by atoms with Crippen molar-refractivity contribution in [2.24, 2.45) is 13.0 Å². The summed E-state index contributed by atoms with van der Waals surface area (Å²) < 4.78 is 3.64. The summed E-state index contributed by atoms with van der Waals surface area (Å²) in [6.07, 6.45) is 2.55. The Labute approximate surface area is 87.9 Å². The Bertz CT molecular complexity index is 560. The number of fused-ring (bicyclic) bond motifs is 1. The average molecular weight is 202 g/mol. The zero-order valence-electron chi connectivity index (χ0n) is 8.81. The molecule has 1 fully saturated rings. The molecule has 2 aromatic rings. The normalized spacial score (nSPS) is 16.1. The summed E-state index contributed by atoms with van der Waals surface area (Å²) in [7, 11) is 1.84. The molecule has 0 atom stereocenters. The van der Waals surface area contributed by atoms with E-state index in [-0.39, 0.29) is 5.69 Å². The van der Waals surface area contributed by atoms with E-state index < -0.39 is 0 Å². The van der Waals surface area contributed by atoms with Crippen LogP contribution in [0.2, 0.25) is 0 Å². The second kappa shape index (κ2) is 2.99. The Morgan fingerprint density at radius 3 is 2.60 bits per heavy atom. The number of nitrogens with zero attached hydrogens (tertiary/aromatic N) is 2. The molecular formula is C12H14N2O. The highest BCUT2D eigenvalue weighted by Crippen LogP contribution is 2.31. The third-order valence-corrected chi connectivity index (χ3v) is 3.19. The highest BCUT2D eigenvalue weighted by Gasteiger charge is 2.23. The molecule has 3 rings (SSSR count). The smallest absolute Gasteiger partial charge is 0.295 e. The minimum Gasteiger partial charge on any atom is -0.295 e. The van der Waals surface area contributed by atoms with Gasteiger partial charge in [-0.25, -0.2) is 4.79 Å². The number of benzene rings is 1. The molecule has 1 aromatic heterocycles. The minimum atomic E-state index is 0.114. The van der Waals surface area contributed by atoms with Gasteiger partial charge >= 0.3 is 5.69 Å². The van der Waals surface area contributed by atoms with Gasteiger partial charge in [-0.15, -0.1) is 0 Å². The Hall–Kier alpha value is -1.51. The number of para-hydroxylation sites is 2. The summed E-state index contributed by atoms with van der Waals surface area (Å²) >= 11 is 0. The highest BCUT2D eigenvalue weighted by atomic mass is 16.1. The maximum Gasteiger partial charge on any atom is 0.328 e. The second-order valence-electron chi connectivity index (χ2n) is 4.38. The summed E-state index contributed by atoms with van der Waals surface area (Å²) in [6, 6.07) is 7.99. The van der Waals surface area contributed by atoms with Crippen LogP contribution in [0.25, 0.3) is 11.0 Å².